The Morgan fingerprint density at radius 3 is 1.70 bits per heavy atom. The Morgan fingerprint density at radius 2 is 1.27 bits per heavy atom. The third-order valence-corrected chi connectivity index (χ3v) is 7.49. The van der Waals surface area contributed by atoms with Gasteiger partial charge < -0.3 is 27.0 Å². The molecule has 33 heavy (non-hydrogen) atoms. The fourth-order valence-electron chi connectivity index (χ4n) is 4.95. The minimum atomic E-state index is 0. The Kier molecular flexibility index (Phi) is 13.7. The Hall–Kier alpha value is 0.399. The summed E-state index contributed by atoms with van der Waals surface area (Å²) in [6.07, 6.45) is 9.71. The average Bonchev–Trinajstić information content (AvgIpc) is 2.84. The van der Waals surface area contributed by atoms with E-state index in [0.29, 0.717) is 43.8 Å². The van der Waals surface area contributed by atoms with Crippen LogP contribution in [0, 0.1) is 0 Å². The number of fused-ring (bicyclic) bond motifs is 4. The maximum Gasteiger partial charge on any atom is 0 e. The minimum Gasteiger partial charge on any atom is 0 e. The summed E-state index contributed by atoms with van der Waals surface area (Å²) in [7, 11) is 9.59. The number of rotatable bonds is 3. The predicted molar refractivity (Wildman–Crippen MR) is 147 cm³/mol. The van der Waals surface area contributed by atoms with Crippen molar-refractivity contribution in [3.8, 4) is 0 Å². The van der Waals surface area contributed by atoms with Crippen molar-refractivity contribution in [3.63, 3.8) is 0 Å². The fourth-order valence-corrected chi connectivity index (χ4v) is 5.74. The average molecular weight is 563 g/mol. The van der Waals surface area contributed by atoms with Crippen LogP contribution in [0.1, 0.15) is 68.5 Å². The normalized spacial score (nSPS) is 28.8. The van der Waals surface area contributed by atoms with Crippen LogP contribution in [0.2, 0.25) is 0 Å². The van der Waals surface area contributed by atoms with Crippen molar-refractivity contribution < 1.29 is 18.8 Å². The van der Waals surface area contributed by atoms with Gasteiger partial charge in [-0.15, -0.1) is 24.9 Å². The van der Waals surface area contributed by atoms with Crippen molar-refractivity contribution in [1.29, 1.82) is 0 Å². The van der Waals surface area contributed by atoms with Gasteiger partial charge in [-0.05, 0) is 12.1 Å². The molecule has 3 aliphatic rings. The summed E-state index contributed by atoms with van der Waals surface area (Å²) in [4.78, 5) is 6.18. The van der Waals surface area contributed by atoms with Gasteiger partial charge in [-0.1, -0.05) is 51.4 Å². The molecule has 2 saturated carbocycles. The second kappa shape index (κ2) is 16.2. The summed E-state index contributed by atoms with van der Waals surface area (Å²) in [5.41, 5.74) is 7.86. The molecule has 197 valence electrons. The van der Waals surface area contributed by atoms with Crippen molar-refractivity contribution in [1.82, 2.24) is 4.98 Å². The monoisotopic (exact) mass is 561 g/mol. The second-order valence-corrected chi connectivity index (χ2v) is 11.9. The van der Waals surface area contributed by atoms with Crippen LogP contribution in [0.3, 0.4) is 0 Å². The van der Waals surface area contributed by atoms with Crippen LogP contribution in [0.5, 0.6) is 0 Å². The van der Waals surface area contributed by atoms with Crippen molar-refractivity contribution in [2.75, 3.05) is 25.4 Å². The first-order chi connectivity index (χ1) is 16.2. The Labute approximate surface area is 224 Å². The zero-order valence-corrected chi connectivity index (χ0v) is 22.7. The van der Waals surface area contributed by atoms with Gasteiger partial charge in [0, 0.05) is 34.3 Å². The summed E-state index contributed by atoms with van der Waals surface area (Å²) >= 11 is 1.81. The van der Waals surface area contributed by atoms with Crippen LogP contribution in [-0.2, 0) is 26.2 Å². The zero-order valence-electron chi connectivity index (χ0n) is 19.2. The van der Waals surface area contributed by atoms with Crippen molar-refractivity contribution in [3.05, 3.63) is 44.8 Å². The zero-order chi connectivity index (χ0) is 23.3. The van der Waals surface area contributed by atoms with Crippen molar-refractivity contribution in [2.24, 2.45) is 5.73 Å². The molecule has 0 aromatic carbocycles. The van der Waals surface area contributed by atoms with Gasteiger partial charge in [0.15, 0.2) is 0 Å². The van der Waals surface area contributed by atoms with Crippen LogP contribution in [-0.4, -0.2) is 54.5 Å². The summed E-state index contributed by atoms with van der Waals surface area (Å²) in [5, 5.41) is 20.2. The Balaban J connectivity index is 0. The molecule has 1 unspecified atom stereocenters. The van der Waals surface area contributed by atoms with Gasteiger partial charge in [0.05, 0.1) is 0 Å². The van der Waals surface area contributed by atoms with Gasteiger partial charge in [-0.2, -0.15) is 37.3 Å². The largest absolute Gasteiger partial charge is 0 e. The number of halogens is 2. The molecule has 2 fully saturated rings. The Morgan fingerprint density at radius 1 is 0.848 bits per heavy atom. The van der Waals surface area contributed by atoms with Crippen LogP contribution < -0.4 is 5.73 Å². The molecule has 2 bridgehead atoms. The molecular weight excluding hydrogens is 518 g/mol. The number of nitrogens with two attached hydrogens (primary N) is 1. The van der Waals surface area contributed by atoms with Crippen LogP contribution in [0.25, 0.3) is 21.3 Å². The first-order valence-corrected chi connectivity index (χ1v) is 16.3. The molecule has 4 rings (SSSR count). The van der Waals surface area contributed by atoms with Gasteiger partial charge in [0.25, 0.3) is 0 Å². The second-order valence-electron chi connectivity index (χ2n) is 8.81. The smallest absolute Gasteiger partial charge is 0 e. The fraction of sp³-hybridized carbons (Fsp3) is 0.783. The standard InChI is InChI=1S/C23H36N6S.2ClH.Mn.4H2/c24-9-12-30-19-13-17-15-27-22-7-3-1-5-20(22)25-10-11-26-21-6-2-4-8-23(21)28-16-18(14-19)29-17;;;;;;;/h13-14,20-23H,1-12,15-16,24H2;2*1H;;4*1H/q-4;;;+2;;;;/p-2/t20-,21?,22-,23-;;;;;;;/m1......./s1. The number of thioether (sulfide) groups is 1. The molecule has 0 amide bonds. The molecule has 4 atom stereocenters. The molecule has 10 heteroatoms. The van der Waals surface area contributed by atoms with E-state index in [4.69, 9.17) is 52.2 Å². The number of hydrogen-bond acceptors (Lipinski definition) is 3. The first-order valence-electron chi connectivity index (χ1n) is 12.1. The van der Waals surface area contributed by atoms with Gasteiger partial charge in [0.2, 0.25) is 0 Å². The van der Waals surface area contributed by atoms with Crippen LogP contribution >= 0.6 is 32.0 Å². The summed E-state index contributed by atoms with van der Waals surface area (Å²) < 4.78 is 0. The molecule has 2 N–H and O–H groups in total. The van der Waals surface area contributed by atoms with E-state index in [2.05, 4.69) is 12.1 Å². The summed E-state index contributed by atoms with van der Waals surface area (Å²) in [6, 6.07) is 5.78. The molecule has 1 aliphatic heterocycles. The molecular formula is C23H44Cl2MnN6S-4. The van der Waals surface area contributed by atoms with E-state index in [1.807, 2.05) is 0 Å². The van der Waals surface area contributed by atoms with Crippen LogP contribution in [0.15, 0.2) is 17.0 Å². The molecule has 0 radical (unpaired) electrons. The van der Waals surface area contributed by atoms with Gasteiger partial charge >= 0.3 is 33.3 Å². The topological polar surface area (TPSA) is 95.3 Å². The molecule has 1 aromatic rings. The number of aromatic nitrogens is 1. The third kappa shape index (κ3) is 9.76. The van der Waals surface area contributed by atoms with E-state index >= 15 is 0 Å². The molecule has 1 aromatic heterocycles. The predicted octanol–water partition coefficient (Wildman–Crippen LogP) is 7.62. The molecule has 2 aliphatic carbocycles. The third-order valence-electron chi connectivity index (χ3n) is 6.48. The van der Waals surface area contributed by atoms with Gasteiger partial charge in [0.1, 0.15) is 0 Å². The van der Waals surface area contributed by atoms with Gasteiger partial charge in [-0.25, -0.2) is 0 Å². The van der Waals surface area contributed by atoms with E-state index in [-0.39, 0.29) is 18.8 Å². The molecule has 2 heterocycles. The number of nitrogens with zero attached hydrogens (tertiary/aromatic N) is 5. The molecule has 0 spiro atoms. The summed E-state index contributed by atoms with van der Waals surface area (Å²) in [5.74, 6) is 0.921. The number of hydrogen-bond donors (Lipinski definition) is 1. The van der Waals surface area contributed by atoms with E-state index in [1.54, 1.807) is 11.8 Å². The first kappa shape index (κ1) is 28.0. The maximum absolute atomic E-state index is 5.74. The van der Waals surface area contributed by atoms with E-state index < -0.39 is 0 Å². The minimum absolute atomic E-state index is 0. The summed E-state index contributed by atoms with van der Waals surface area (Å²) in [6.45, 7) is 3.72. The Bertz CT molecular complexity index is 658. The maximum atomic E-state index is 5.74. The molecule has 6 nitrogen and oxygen atoms in total. The van der Waals surface area contributed by atoms with Gasteiger partial charge in [-0.3, -0.25) is 4.98 Å². The van der Waals surface area contributed by atoms with E-state index in [0.717, 1.165) is 43.1 Å². The number of pyridine rings is 1. The van der Waals surface area contributed by atoms with Crippen molar-refractivity contribution >= 4 is 32.0 Å². The van der Waals surface area contributed by atoms with Crippen LogP contribution in [0.4, 0.5) is 0 Å². The quantitative estimate of drug-likeness (QED) is 0.303. The van der Waals surface area contributed by atoms with E-state index in [1.165, 1.54) is 43.4 Å². The SMILES string of the molecule is NCCSc1cc2nc(c1)C[N-][C@@H]1CCCC[C@H]1[N-]CC[N-]C1CCCC[C@H]1[N-]C2.[Cl][Mn][Cl].[HH].[HH].[HH].[HH]. The molecule has 0 saturated heterocycles. The van der Waals surface area contributed by atoms with E-state index in [9.17, 15) is 0 Å². The van der Waals surface area contributed by atoms with Crippen molar-refractivity contribution in [2.45, 2.75) is 93.5 Å².